The third-order valence-electron chi connectivity index (χ3n) is 4.59. The van der Waals surface area contributed by atoms with Crippen molar-refractivity contribution < 1.29 is 9.90 Å². The lowest BCUT2D eigenvalue weighted by atomic mass is 9.67. The molecule has 1 N–H and O–H groups in total. The van der Waals surface area contributed by atoms with Crippen molar-refractivity contribution in [2.24, 2.45) is 0 Å². The molecule has 1 aliphatic rings. The summed E-state index contributed by atoms with van der Waals surface area (Å²) in [6.45, 7) is 1.91. The monoisotopic (exact) mass is 272 g/mol. The van der Waals surface area contributed by atoms with E-state index < -0.39 is 5.97 Å². The van der Waals surface area contributed by atoms with Crippen molar-refractivity contribution in [3.05, 3.63) is 47.5 Å². The van der Waals surface area contributed by atoms with Crippen LogP contribution in [0, 0.1) is 0 Å². The first-order chi connectivity index (χ1) is 9.68. The van der Waals surface area contributed by atoms with Crippen molar-refractivity contribution in [3.63, 3.8) is 0 Å². The molecule has 1 saturated carbocycles. The van der Waals surface area contributed by atoms with Crippen molar-refractivity contribution in [2.75, 3.05) is 0 Å². The Balaban J connectivity index is 2.26. The van der Waals surface area contributed by atoms with Crippen LogP contribution in [0.25, 0.3) is 0 Å². The number of hydrogen-bond donors (Lipinski definition) is 1. The van der Waals surface area contributed by atoms with E-state index in [9.17, 15) is 9.90 Å². The fourth-order valence-electron chi connectivity index (χ4n) is 3.33. The minimum Gasteiger partial charge on any atom is -0.478 e. The van der Waals surface area contributed by atoms with Crippen LogP contribution in [0.15, 0.2) is 42.0 Å². The molecule has 20 heavy (non-hydrogen) atoms. The van der Waals surface area contributed by atoms with E-state index in [2.05, 4.69) is 24.3 Å². The van der Waals surface area contributed by atoms with Gasteiger partial charge in [-0.25, -0.2) is 4.79 Å². The molecule has 0 aromatic heterocycles. The Morgan fingerprint density at radius 3 is 2.40 bits per heavy atom. The molecule has 0 radical (unpaired) electrons. The molecule has 1 aliphatic carbocycles. The number of benzene rings is 1. The smallest absolute Gasteiger partial charge is 0.331 e. The fraction of sp³-hybridized carbons (Fsp3) is 0.500. The van der Waals surface area contributed by atoms with Crippen molar-refractivity contribution >= 4 is 5.97 Å². The lowest BCUT2D eigenvalue weighted by molar-refractivity contribution is -0.132. The molecule has 0 amide bonds. The topological polar surface area (TPSA) is 37.3 Å². The first-order valence-corrected chi connectivity index (χ1v) is 7.66. The van der Waals surface area contributed by atoms with Crippen molar-refractivity contribution in [1.29, 1.82) is 0 Å². The van der Waals surface area contributed by atoms with Gasteiger partial charge in [-0.15, -0.1) is 0 Å². The van der Waals surface area contributed by atoms with Crippen molar-refractivity contribution in [2.45, 2.75) is 57.3 Å². The van der Waals surface area contributed by atoms with Gasteiger partial charge in [0.2, 0.25) is 0 Å². The maximum atomic E-state index is 11.2. The van der Waals surface area contributed by atoms with Gasteiger partial charge in [-0.2, -0.15) is 0 Å². The highest BCUT2D eigenvalue weighted by Gasteiger charge is 2.32. The Morgan fingerprint density at radius 1 is 1.20 bits per heavy atom. The van der Waals surface area contributed by atoms with Crippen LogP contribution in [-0.2, 0) is 10.2 Å². The highest BCUT2D eigenvalue weighted by molar-refractivity contribution is 5.86. The number of carboxylic acids is 1. The number of rotatable bonds is 5. The molecule has 1 aromatic carbocycles. The second kappa shape index (κ2) is 6.74. The standard InChI is InChI=1S/C18H24O2/c1-2-15(17(19)20)11-14-18(12-7-4-8-13-18)16-9-5-3-6-10-16/h3,5-6,9-11H,2,4,7-8,12-14H2,1H3,(H,19,20)/b15-11+. The molecular weight excluding hydrogens is 248 g/mol. The van der Waals surface area contributed by atoms with Crippen LogP contribution in [0.5, 0.6) is 0 Å². The second-order valence-corrected chi connectivity index (χ2v) is 5.80. The molecule has 0 spiro atoms. The molecule has 0 unspecified atom stereocenters. The molecule has 2 nitrogen and oxygen atoms in total. The maximum Gasteiger partial charge on any atom is 0.331 e. The van der Waals surface area contributed by atoms with Crippen molar-refractivity contribution in [3.8, 4) is 0 Å². The summed E-state index contributed by atoms with van der Waals surface area (Å²) in [7, 11) is 0. The normalized spacial score (nSPS) is 18.8. The lowest BCUT2D eigenvalue weighted by Crippen LogP contribution is -2.28. The van der Waals surface area contributed by atoms with Gasteiger partial charge in [0.05, 0.1) is 0 Å². The highest BCUT2D eigenvalue weighted by atomic mass is 16.4. The van der Waals surface area contributed by atoms with Gasteiger partial charge in [-0.05, 0) is 36.7 Å². The van der Waals surface area contributed by atoms with E-state index in [1.165, 1.54) is 37.7 Å². The number of hydrogen-bond acceptors (Lipinski definition) is 1. The average molecular weight is 272 g/mol. The van der Waals surface area contributed by atoms with Crippen LogP contribution in [-0.4, -0.2) is 11.1 Å². The third kappa shape index (κ3) is 3.30. The number of allylic oxidation sites excluding steroid dienone is 1. The summed E-state index contributed by atoms with van der Waals surface area (Å²) in [6.07, 6.45) is 9.55. The van der Waals surface area contributed by atoms with E-state index in [1.54, 1.807) is 0 Å². The van der Waals surface area contributed by atoms with Gasteiger partial charge < -0.3 is 5.11 Å². The minimum absolute atomic E-state index is 0.148. The van der Waals surface area contributed by atoms with Crippen LogP contribution in [0.4, 0.5) is 0 Å². The van der Waals surface area contributed by atoms with E-state index in [4.69, 9.17) is 0 Å². The lowest BCUT2D eigenvalue weighted by Gasteiger charge is -2.37. The zero-order valence-corrected chi connectivity index (χ0v) is 12.3. The van der Waals surface area contributed by atoms with E-state index in [-0.39, 0.29) is 5.41 Å². The van der Waals surface area contributed by atoms with Gasteiger partial charge in [-0.3, -0.25) is 0 Å². The van der Waals surface area contributed by atoms with Gasteiger partial charge in [-0.1, -0.05) is 62.6 Å². The van der Waals surface area contributed by atoms with E-state index >= 15 is 0 Å². The Labute approximate surface area is 121 Å². The molecular formula is C18H24O2. The Bertz CT molecular complexity index is 467. The number of carboxylic acid groups (broad SMARTS) is 1. The number of aliphatic carboxylic acids is 1. The molecule has 1 aromatic rings. The molecule has 0 saturated heterocycles. The van der Waals surface area contributed by atoms with Crippen LogP contribution in [0.3, 0.4) is 0 Å². The van der Waals surface area contributed by atoms with Crippen molar-refractivity contribution in [1.82, 2.24) is 0 Å². The predicted molar refractivity (Wildman–Crippen MR) is 81.8 cm³/mol. The Kier molecular flexibility index (Phi) is 4.99. The summed E-state index contributed by atoms with van der Waals surface area (Å²) in [5.74, 6) is -0.772. The molecule has 108 valence electrons. The highest BCUT2D eigenvalue weighted by Crippen LogP contribution is 2.42. The summed E-state index contributed by atoms with van der Waals surface area (Å²) in [4.78, 5) is 11.2. The largest absolute Gasteiger partial charge is 0.478 e. The van der Waals surface area contributed by atoms with Crippen LogP contribution >= 0.6 is 0 Å². The zero-order valence-electron chi connectivity index (χ0n) is 12.3. The van der Waals surface area contributed by atoms with Crippen LogP contribution in [0.1, 0.15) is 57.4 Å². The van der Waals surface area contributed by atoms with E-state index in [0.29, 0.717) is 12.0 Å². The summed E-state index contributed by atoms with van der Waals surface area (Å²) in [5.41, 5.74) is 2.07. The molecule has 1 fully saturated rings. The van der Waals surface area contributed by atoms with Gasteiger partial charge in [0.25, 0.3) is 0 Å². The zero-order chi connectivity index (χ0) is 14.4. The molecule has 2 heteroatoms. The third-order valence-corrected chi connectivity index (χ3v) is 4.59. The van der Waals surface area contributed by atoms with Crippen LogP contribution in [0.2, 0.25) is 0 Å². The van der Waals surface area contributed by atoms with Crippen LogP contribution < -0.4 is 0 Å². The summed E-state index contributed by atoms with van der Waals surface area (Å²) in [6, 6.07) is 10.6. The van der Waals surface area contributed by atoms with Gasteiger partial charge >= 0.3 is 5.97 Å². The molecule has 0 aliphatic heterocycles. The maximum absolute atomic E-state index is 11.2. The van der Waals surface area contributed by atoms with Gasteiger partial charge in [0.1, 0.15) is 0 Å². The van der Waals surface area contributed by atoms with E-state index in [0.717, 1.165) is 6.42 Å². The van der Waals surface area contributed by atoms with Gasteiger partial charge in [0, 0.05) is 5.57 Å². The molecule has 0 heterocycles. The summed E-state index contributed by atoms with van der Waals surface area (Å²) < 4.78 is 0. The van der Waals surface area contributed by atoms with Gasteiger partial charge in [0.15, 0.2) is 0 Å². The number of carbonyl (C=O) groups is 1. The first-order valence-electron chi connectivity index (χ1n) is 7.66. The molecule has 0 atom stereocenters. The SMILES string of the molecule is CC/C(=C\CC1(c2ccccc2)CCCCC1)C(=O)O. The Morgan fingerprint density at radius 2 is 1.85 bits per heavy atom. The quantitative estimate of drug-likeness (QED) is 0.789. The Hall–Kier alpha value is -1.57. The summed E-state index contributed by atoms with van der Waals surface area (Å²) in [5, 5.41) is 9.19. The minimum atomic E-state index is -0.772. The second-order valence-electron chi connectivity index (χ2n) is 5.80. The van der Waals surface area contributed by atoms with E-state index in [1.807, 2.05) is 19.1 Å². The fourth-order valence-corrected chi connectivity index (χ4v) is 3.33. The molecule has 2 rings (SSSR count). The predicted octanol–water partition coefficient (Wildman–Crippen LogP) is 4.70. The summed E-state index contributed by atoms with van der Waals surface area (Å²) >= 11 is 0. The first kappa shape index (κ1) is 14.8. The average Bonchev–Trinajstić information content (AvgIpc) is 2.49. The molecule has 0 bridgehead atoms.